The summed E-state index contributed by atoms with van der Waals surface area (Å²) in [6.45, 7) is 2.60. The summed E-state index contributed by atoms with van der Waals surface area (Å²) in [5.41, 5.74) is 1.73. The molecule has 0 aliphatic carbocycles. The average Bonchev–Trinajstić information content (AvgIpc) is 3.03. The monoisotopic (exact) mass is 305 g/mol. The van der Waals surface area contributed by atoms with Gasteiger partial charge in [-0.25, -0.2) is 13.1 Å². The zero-order valence-electron chi connectivity index (χ0n) is 12.0. The molecule has 1 saturated heterocycles. The number of nitrogens with zero attached hydrogens (tertiary/aromatic N) is 2. The second kappa shape index (κ2) is 5.27. The molecule has 0 saturated carbocycles. The van der Waals surface area contributed by atoms with Crippen LogP contribution in [-0.2, 0) is 16.4 Å². The molecule has 2 aromatic rings. The van der Waals surface area contributed by atoms with Crippen molar-refractivity contribution in [2.75, 3.05) is 11.5 Å². The summed E-state index contributed by atoms with van der Waals surface area (Å²) < 4.78 is 25.0. The number of nitrogens with one attached hydrogen (secondary N) is 1. The molecule has 3 rings (SSSR count). The molecule has 0 spiro atoms. The van der Waals surface area contributed by atoms with Crippen molar-refractivity contribution in [3.05, 3.63) is 48.3 Å². The smallest absolute Gasteiger partial charge is 0.152 e. The summed E-state index contributed by atoms with van der Waals surface area (Å²) in [7, 11) is -2.88. The van der Waals surface area contributed by atoms with Crippen LogP contribution >= 0.6 is 0 Å². The van der Waals surface area contributed by atoms with E-state index in [4.69, 9.17) is 0 Å². The van der Waals surface area contributed by atoms with Gasteiger partial charge in [-0.3, -0.25) is 0 Å². The molecule has 0 bridgehead atoms. The van der Waals surface area contributed by atoms with Crippen LogP contribution in [0.3, 0.4) is 0 Å². The standard InChI is InChI=1S/C15H19N3O2S/c1-15(7-8-21(19,20)12-15)16-9-13-10-17-18(11-13)14-5-3-2-4-6-14/h2-6,10-11,16H,7-9,12H2,1H3. The van der Waals surface area contributed by atoms with Crippen molar-refractivity contribution in [2.45, 2.75) is 25.4 Å². The number of hydrogen-bond acceptors (Lipinski definition) is 4. The molecular weight excluding hydrogens is 286 g/mol. The molecule has 6 heteroatoms. The highest BCUT2D eigenvalue weighted by Crippen LogP contribution is 2.23. The third kappa shape index (κ3) is 3.33. The predicted octanol–water partition coefficient (Wildman–Crippen LogP) is 1.54. The van der Waals surface area contributed by atoms with Gasteiger partial charge in [0.2, 0.25) is 0 Å². The van der Waals surface area contributed by atoms with Crippen LogP contribution < -0.4 is 5.32 Å². The third-order valence-corrected chi connectivity index (χ3v) is 5.78. The number of para-hydroxylation sites is 1. The van der Waals surface area contributed by atoms with Crippen molar-refractivity contribution in [2.24, 2.45) is 0 Å². The van der Waals surface area contributed by atoms with Crippen molar-refractivity contribution in [3.8, 4) is 5.69 Å². The Morgan fingerprint density at radius 2 is 2.10 bits per heavy atom. The van der Waals surface area contributed by atoms with E-state index in [1.54, 1.807) is 0 Å². The van der Waals surface area contributed by atoms with Crippen LogP contribution in [0, 0.1) is 0 Å². The van der Waals surface area contributed by atoms with Crippen LogP contribution in [0.25, 0.3) is 5.69 Å². The van der Waals surface area contributed by atoms with E-state index < -0.39 is 9.84 Å². The highest BCUT2D eigenvalue weighted by Gasteiger charge is 2.37. The lowest BCUT2D eigenvalue weighted by molar-refractivity contribution is 0.395. The van der Waals surface area contributed by atoms with Gasteiger partial charge in [0.1, 0.15) is 0 Å². The molecule has 5 nitrogen and oxygen atoms in total. The van der Waals surface area contributed by atoms with Crippen molar-refractivity contribution in [1.82, 2.24) is 15.1 Å². The Labute approximate surface area is 124 Å². The molecule has 1 N–H and O–H groups in total. The zero-order chi connectivity index (χ0) is 14.9. The molecule has 1 atom stereocenters. The van der Waals surface area contributed by atoms with Crippen LogP contribution in [-0.4, -0.2) is 35.2 Å². The molecule has 0 amide bonds. The van der Waals surface area contributed by atoms with Crippen molar-refractivity contribution in [3.63, 3.8) is 0 Å². The average molecular weight is 305 g/mol. The predicted molar refractivity (Wildman–Crippen MR) is 82.1 cm³/mol. The molecular formula is C15H19N3O2S. The van der Waals surface area contributed by atoms with Crippen molar-refractivity contribution >= 4 is 9.84 Å². The van der Waals surface area contributed by atoms with Gasteiger partial charge in [0.05, 0.1) is 23.4 Å². The van der Waals surface area contributed by atoms with E-state index in [0.29, 0.717) is 13.0 Å². The SMILES string of the molecule is CC1(NCc2cnn(-c3ccccc3)c2)CCS(=O)(=O)C1. The Bertz CT molecular complexity index is 724. The second-order valence-corrected chi connectivity index (χ2v) is 8.07. The fourth-order valence-electron chi connectivity index (χ4n) is 2.64. The summed E-state index contributed by atoms with van der Waals surface area (Å²) in [6.07, 6.45) is 4.45. The first-order valence-corrected chi connectivity index (χ1v) is 8.82. The molecule has 1 aliphatic heterocycles. The van der Waals surface area contributed by atoms with E-state index in [1.165, 1.54) is 0 Å². The highest BCUT2D eigenvalue weighted by atomic mass is 32.2. The van der Waals surface area contributed by atoms with Gasteiger partial charge in [0, 0.05) is 23.8 Å². The van der Waals surface area contributed by atoms with Gasteiger partial charge >= 0.3 is 0 Å². The van der Waals surface area contributed by atoms with E-state index >= 15 is 0 Å². The molecule has 21 heavy (non-hydrogen) atoms. The quantitative estimate of drug-likeness (QED) is 0.930. The highest BCUT2D eigenvalue weighted by molar-refractivity contribution is 7.91. The fraction of sp³-hybridized carbons (Fsp3) is 0.400. The van der Waals surface area contributed by atoms with Crippen molar-refractivity contribution in [1.29, 1.82) is 0 Å². The van der Waals surface area contributed by atoms with Crippen LogP contribution in [0.4, 0.5) is 0 Å². The Morgan fingerprint density at radius 3 is 2.76 bits per heavy atom. The first-order chi connectivity index (χ1) is 9.96. The number of aromatic nitrogens is 2. The third-order valence-electron chi connectivity index (χ3n) is 3.88. The fourth-order valence-corrected chi connectivity index (χ4v) is 4.76. The summed E-state index contributed by atoms with van der Waals surface area (Å²) in [4.78, 5) is 0. The van der Waals surface area contributed by atoms with Crippen LogP contribution in [0.1, 0.15) is 18.9 Å². The Hall–Kier alpha value is -1.66. The maximum atomic E-state index is 11.6. The topological polar surface area (TPSA) is 64.0 Å². The minimum atomic E-state index is -2.88. The van der Waals surface area contributed by atoms with E-state index in [-0.39, 0.29) is 17.0 Å². The Balaban J connectivity index is 1.66. The minimum absolute atomic E-state index is 0.215. The summed E-state index contributed by atoms with van der Waals surface area (Å²) in [5.74, 6) is 0.493. The largest absolute Gasteiger partial charge is 0.306 e. The van der Waals surface area contributed by atoms with Gasteiger partial charge in [-0.15, -0.1) is 0 Å². The van der Waals surface area contributed by atoms with E-state index in [0.717, 1.165) is 11.3 Å². The van der Waals surface area contributed by atoms with Crippen LogP contribution in [0.5, 0.6) is 0 Å². The minimum Gasteiger partial charge on any atom is -0.306 e. The molecule has 1 aliphatic rings. The lowest BCUT2D eigenvalue weighted by Gasteiger charge is -2.23. The molecule has 1 unspecified atom stereocenters. The van der Waals surface area contributed by atoms with E-state index in [1.807, 2.05) is 54.3 Å². The maximum absolute atomic E-state index is 11.6. The van der Waals surface area contributed by atoms with E-state index in [9.17, 15) is 8.42 Å². The molecule has 112 valence electrons. The van der Waals surface area contributed by atoms with Gasteiger partial charge in [-0.05, 0) is 25.5 Å². The van der Waals surface area contributed by atoms with Crippen molar-refractivity contribution < 1.29 is 8.42 Å². The zero-order valence-corrected chi connectivity index (χ0v) is 12.8. The number of rotatable bonds is 4. The van der Waals surface area contributed by atoms with Gasteiger partial charge in [0.15, 0.2) is 9.84 Å². The number of benzene rings is 1. The van der Waals surface area contributed by atoms with Crippen LogP contribution in [0.2, 0.25) is 0 Å². The molecule has 1 aromatic carbocycles. The van der Waals surface area contributed by atoms with E-state index in [2.05, 4.69) is 10.4 Å². The molecule has 2 heterocycles. The normalized spacial score (nSPS) is 24.2. The molecule has 1 aromatic heterocycles. The van der Waals surface area contributed by atoms with Gasteiger partial charge in [-0.2, -0.15) is 5.10 Å². The first-order valence-electron chi connectivity index (χ1n) is 7.00. The van der Waals surface area contributed by atoms with Crippen LogP contribution in [0.15, 0.2) is 42.7 Å². The summed E-state index contributed by atoms with van der Waals surface area (Å²) in [6, 6.07) is 9.90. The van der Waals surface area contributed by atoms with Gasteiger partial charge in [0.25, 0.3) is 0 Å². The maximum Gasteiger partial charge on any atom is 0.152 e. The van der Waals surface area contributed by atoms with Gasteiger partial charge in [-0.1, -0.05) is 18.2 Å². The molecule has 0 radical (unpaired) electrons. The molecule has 1 fully saturated rings. The Kier molecular flexibility index (Phi) is 3.59. The summed E-state index contributed by atoms with van der Waals surface area (Å²) >= 11 is 0. The number of sulfone groups is 1. The first kappa shape index (κ1) is 14.3. The lowest BCUT2D eigenvalue weighted by atomic mass is 10.0. The Morgan fingerprint density at radius 1 is 1.33 bits per heavy atom. The lowest BCUT2D eigenvalue weighted by Crippen LogP contribution is -2.42. The van der Waals surface area contributed by atoms with Gasteiger partial charge < -0.3 is 5.32 Å². The second-order valence-electron chi connectivity index (χ2n) is 5.88. The summed E-state index contributed by atoms with van der Waals surface area (Å²) in [5, 5.41) is 7.70. The number of hydrogen-bond donors (Lipinski definition) is 1.